The van der Waals surface area contributed by atoms with Gasteiger partial charge in [-0.1, -0.05) is 17.7 Å². The molecule has 1 aromatic carbocycles. The van der Waals surface area contributed by atoms with E-state index in [2.05, 4.69) is 0 Å². The van der Waals surface area contributed by atoms with Gasteiger partial charge in [-0.15, -0.1) is 0 Å². The van der Waals surface area contributed by atoms with Crippen molar-refractivity contribution in [3.05, 3.63) is 28.8 Å². The first-order valence-corrected chi connectivity index (χ1v) is 8.71. The second-order valence-corrected chi connectivity index (χ2v) is 6.73. The molecule has 1 aliphatic rings. The van der Waals surface area contributed by atoms with Crippen LogP contribution >= 0.6 is 0 Å². The predicted octanol–water partition coefficient (Wildman–Crippen LogP) is 1.26. The van der Waals surface area contributed by atoms with E-state index in [4.69, 9.17) is 15.2 Å². The molecule has 1 heterocycles. The molecule has 0 spiro atoms. The number of primary amides is 1. The third-order valence-corrected chi connectivity index (χ3v) is 4.55. The van der Waals surface area contributed by atoms with Gasteiger partial charge in [0.1, 0.15) is 5.75 Å². The SMILES string of the molecule is Cc1cc(C)c(OCC(=O)OCC(=O)N2CCC(C(N)=O)CC2)c(C)c1. The van der Waals surface area contributed by atoms with Crippen LogP contribution in [0.2, 0.25) is 0 Å². The highest BCUT2D eigenvalue weighted by Crippen LogP contribution is 2.24. The average molecular weight is 362 g/mol. The summed E-state index contributed by atoms with van der Waals surface area (Å²) in [5.74, 6) is -0.723. The zero-order valence-corrected chi connectivity index (χ0v) is 15.5. The largest absolute Gasteiger partial charge is 0.481 e. The molecule has 2 rings (SSSR count). The maximum atomic E-state index is 12.1. The molecule has 0 saturated carbocycles. The number of likely N-dealkylation sites (tertiary alicyclic amines) is 1. The van der Waals surface area contributed by atoms with E-state index < -0.39 is 5.97 Å². The van der Waals surface area contributed by atoms with E-state index in [9.17, 15) is 14.4 Å². The number of carbonyl (C=O) groups excluding carboxylic acids is 3. The number of hydrogen-bond donors (Lipinski definition) is 1. The molecule has 142 valence electrons. The molecule has 1 fully saturated rings. The summed E-state index contributed by atoms with van der Waals surface area (Å²) in [5.41, 5.74) is 8.29. The summed E-state index contributed by atoms with van der Waals surface area (Å²) in [4.78, 5) is 36.7. The van der Waals surface area contributed by atoms with Crippen LogP contribution in [0.1, 0.15) is 29.5 Å². The molecule has 0 aliphatic carbocycles. The molecular weight excluding hydrogens is 336 g/mol. The minimum Gasteiger partial charge on any atom is -0.481 e. The first kappa shape index (κ1) is 19.8. The van der Waals surface area contributed by atoms with Gasteiger partial charge in [0.2, 0.25) is 5.91 Å². The lowest BCUT2D eigenvalue weighted by Gasteiger charge is -2.30. The molecule has 2 N–H and O–H groups in total. The normalized spacial score (nSPS) is 14.8. The van der Waals surface area contributed by atoms with Gasteiger partial charge in [0.15, 0.2) is 13.2 Å². The molecular formula is C19H26N2O5. The second kappa shape index (κ2) is 8.69. The lowest BCUT2D eigenvalue weighted by molar-refractivity contribution is -0.154. The number of nitrogens with zero attached hydrogens (tertiary/aromatic N) is 1. The topological polar surface area (TPSA) is 98.9 Å². The van der Waals surface area contributed by atoms with Crippen molar-refractivity contribution in [2.45, 2.75) is 33.6 Å². The van der Waals surface area contributed by atoms with Crippen molar-refractivity contribution in [2.24, 2.45) is 11.7 Å². The van der Waals surface area contributed by atoms with Crippen molar-refractivity contribution >= 4 is 17.8 Å². The molecule has 1 aliphatic heterocycles. The van der Waals surface area contributed by atoms with Crippen LogP contribution in [0.25, 0.3) is 0 Å². The number of nitrogens with two attached hydrogens (primary N) is 1. The lowest BCUT2D eigenvalue weighted by Crippen LogP contribution is -2.43. The summed E-state index contributed by atoms with van der Waals surface area (Å²) >= 11 is 0. The van der Waals surface area contributed by atoms with Crippen molar-refractivity contribution in [1.29, 1.82) is 0 Å². The Morgan fingerprint density at radius 3 is 2.19 bits per heavy atom. The van der Waals surface area contributed by atoms with Crippen LogP contribution in [0, 0.1) is 26.7 Å². The Morgan fingerprint density at radius 1 is 1.08 bits per heavy atom. The van der Waals surface area contributed by atoms with E-state index in [1.807, 2.05) is 32.9 Å². The Kier molecular flexibility index (Phi) is 6.60. The molecule has 0 bridgehead atoms. The lowest BCUT2D eigenvalue weighted by atomic mass is 9.96. The summed E-state index contributed by atoms with van der Waals surface area (Å²) < 4.78 is 10.6. The Morgan fingerprint density at radius 2 is 1.65 bits per heavy atom. The molecule has 7 heteroatoms. The van der Waals surface area contributed by atoms with E-state index in [1.54, 1.807) is 4.90 Å². The summed E-state index contributed by atoms with van der Waals surface area (Å²) in [6, 6.07) is 3.96. The van der Waals surface area contributed by atoms with Gasteiger partial charge in [-0.3, -0.25) is 9.59 Å². The van der Waals surface area contributed by atoms with Gasteiger partial charge in [-0.2, -0.15) is 0 Å². The molecule has 2 amide bonds. The van der Waals surface area contributed by atoms with Crippen molar-refractivity contribution in [3.63, 3.8) is 0 Å². The number of rotatable bonds is 6. The number of carbonyl (C=O) groups is 3. The molecule has 0 aromatic heterocycles. The molecule has 0 unspecified atom stereocenters. The van der Waals surface area contributed by atoms with Crippen LogP contribution in [0.5, 0.6) is 5.75 Å². The van der Waals surface area contributed by atoms with Gasteiger partial charge in [0.05, 0.1) is 0 Å². The minimum absolute atomic E-state index is 0.184. The standard InChI is InChI=1S/C19H26N2O5/c1-12-8-13(2)18(14(3)9-12)26-11-17(23)25-10-16(22)21-6-4-15(5-7-21)19(20)24/h8-9,15H,4-7,10-11H2,1-3H3,(H2,20,24). The number of ether oxygens (including phenoxy) is 2. The Bertz CT molecular complexity index is 670. The zero-order valence-electron chi connectivity index (χ0n) is 15.5. The van der Waals surface area contributed by atoms with Crippen LogP contribution in [0.15, 0.2) is 12.1 Å². The van der Waals surface area contributed by atoms with E-state index >= 15 is 0 Å². The number of benzene rings is 1. The maximum absolute atomic E-state index is 12.1. The van der Waals surface area contributed by atoms with Crippen molar-refractivity contribution in [1.82, 2.24) is 4.90 Å². The van der Waals surface area contributed by atoms with Crippen LogP contribution in [-0.2, 0) is 19.1 Å². The third-order valence-electron chi connectivity index (χ3n) is 4.55. The fourth-order valence-electron chi connectivity index (χ4n) is 3.21. The highest BCUT2D eigenvalue weighted by atomic mass is 16.6. The fraction of sp³-hybridized carbons (Fsp3) is 0.526. The highest BCUT2D eigenvalue weighted by molar-refractivity contribution is 5.82. The third kappa shape index (κ3) is 5.21. The molecule has 1 aromatic rings. The van der Waals surface area contributed by atoms with E-state index in [1.165, 1.54) is 0 Å². The van der Waals surface area contributed by atoms with Crippen LogP contribution in [-0.4, -0.2) is 49.0 Å². The van der Waals surface area contributed by atoms with E-state index in [-0.39, 0.29) is 30.9 Å². The summed E-state index contributed by atoms with van der Waals surface area (Å²) in [6.45, 7) is 6.15. The van der Waals surface area contributed by atoms with Crippen molar-refractivity contribution < 1.29 is 23.9 Å². The maximum Gasteiger partial charge on any atom is 0.344 e. The van der Waals surface area contributed by atoms with Gasteiger partial charge in [-0.25, -0.2) is 4.79 Å². The Labute approximate surface area is 153 Å². The first-order chi connectivity index (χ1) is 12.3. The van der Waals surface area contributed by atoms with Crippen molar-refractivity contribution in [3.8, 4) is 5.75 Å². The monoisotopic (exact) mass is 362 g/mol. The summed E-state index contributed by atoms with van der Waals surface area (Å²) in [5, 5.41) is 0. The first-order valence-electron chi connectivity index (χ1n) is 8.71. The molecule has 0 atom stereocenters. The second-order valence-electron chi connectivity index (χ2n) is 6.73. The Hall–Kier alpha value is -2.57. The average Bonchev–Trinajstić information content (AvgIpc) is 2.58. The summed E-state index contributed by atoms with van der Waals surface area (Å²) in [6.07, 6.45) is 1.09. The van der Waals surface area contributed by atoms with Gasteiger partial charge in [0.25, 0.3) is 5.91 Å². The number of piperidine rings is 1. The van der Waals surface area contributed by atoms with Gasteiger partial charge < -0.3 is 20.1 Å². The minimum atomic E-state index is -0.593. The molecule has 0 radical (unpaired) electrons. The zero-order chi connectivity index (χ0) is 19.3. The Balaban J connectivity index is 1.75. The smallest absolute Gasteiger partial charge is 0.344 e. The predicted molar refractivity (Wildman–Crippen MR) is 95.6 cm³/mol. The number of amides is 2. The molecule has 7 nitrogen and oxygen atoms in total. The fourth-order valence-corrected chi connectivity index (χ4v) is 3.21. The quantitative estimate of drug-likeness (QED) is 0.768. The van der Waals surface area contributed by atoms with Gasteiger partial charge >= 0.3 is 5.97 Å². The van der Waals surface area contributed by atoms with Crippen LogP contribution < -0.4 is 10.5 Å². The molecule has 26 heavy (non-hydrogen) atoms. The van der Waals surface area contributed by atoms with Gasteiger partial charge in [0, 0.05) is 19.0 Å². The number of esters is 1. The number of aryl methyl sites for hydroxylation is 3. The molecule has 1 saturated heterocycles. The highest BCUT2D eigenvalue weighted by Gasteiger charge is 2.26. The van der Waals surface area contributed by atoms with Crippen LogP contribution in [0.4, 0.5) is 0 Å². The van der Waals surface area contributed by atoms with E-state index in [0.717, 1.165) is 16.7 Å². The number of hydrogen-bond acceptors (Lipinski definition) is 5. The van der Waals surface area contributed by atoms with Gasteiger partial charge in [-0.05, 0) is 44.7 Å². The summed E-state index contributed by atoms with van der Waals surface area (Å²) in [7, 11) is 0. The van der Waals surface area contributed by atoms with Crippen molar-refractivity contribution in [2.75, 3.05) is 26.3 Å². The van der Waals surface area contributed by atoms with E-state index in [0.29, 0.717) is 31.7 Å². The van der Waals surface area contributed by atoms with Crippen LogP contribution in [0.3, 0.4) is 0 Å².